The number of rotatable bonds is 9. The predicted molar refractivity (Wildman–Crippen MR) is 112 cm³/mol. The van der Waals surface area contributed by atoms with E-state index >= 15 is 0 Å². The third kappa shape index (κ3) is 7.79. The lowest BCUT2D eigenvalue weighted by molar-refractivity contribution is -0.133. The average Bonchev–Trinajstić information content (AvgIpc) is 2.61. The minimum Gasteiger partial charge on any atom is -0.494 e. The Hall–Kier alpha value is -2.39. The standard InChI is InChI=1S/C18H22N4O3S2/c1-3-4-9-25-14-7-5-13(6-8-14)20-17(26)21-15-10-12(2)19-18(22-15)27-11-16(23)24/h5-8,10H,3-4,9,11H2,1-2H3,(H,23,24)(H2,19,20,21,22,26). The number of aromatic nitrogens is 2. The molecule has 0 bridgehead atoms. The van der Waals surface area contributed by atoms with E-state index in [1.807, 2.05) is 31.2 Å². The number of unbranched alkanes of at least 4 members (excludes halogenated alkanes) is 1. The molecule has 0 atom stereocenters. The van der Waals surface area contributed by atoms with Gasteiger partial charge >= 0.3 is 5.97 Å². The summed E-state index contributed by atoms with van der Waals surface area (Å²) in [5.74, 6) is 0.309. The highest BCUT2D eigenvalue weighted by atomic mass is 32.2. The number of carbonyl (C=O) groups is 1. The van der Waals surface area contributed by atoms with Crippen LogP contribution in [0.1, 0.15) is 25.5 Å². The molecule has 0 saturated heterocycles. The quantitative estimate of drug-likeness (QED) is 0.247. The molecule has 1 heterocycles. The van der Waals surface area contributed by atoms with Crippen LogP contribution in [0.4, 0.5) is 11.5 Å². The molecule has 0 aliphatic rings. The Kier molecular flexibility index (Phi) is 8.28. The normalized spacial score (nSPS) is 10.3. The number of thioether (sulfide) groups is 1. The number of hydrogen-bond acceptors (Lipinski definition) is 6. The van der Waals surface area contributed by atoms with Crippen molar-refractivity contribution in [2.75, 3.05) is 23.0 Å². The topological polar surface area (TPSA) is 96.4 Å². The number of anilines is 2. The van der Waals surface area contributed by atoms with E-state index in [0.717, 1.165) is 41.7 Å². The number of aryl methyl sites for hydroxylation is 1. The average molecular weight is 407 g/mol. The Balaban J connectivity index is 1.92. The number of thiocarbonyl (C=S) groups is 1. The smallest absolute Gasteiger partial charge is 0.313 e. The maximum atomic E-state index is 10.7. The molecule has 27 heavy (non-hydrogen) atoms. The molecule has 7 nitrogen and oxygen atoms in total. The highest BCUT2D eigenvalue weighted by Gasteiger charge is 2.07. The largest absolute Gasteiger partial charge is 0.494 e. The molecule has 144 valence electrons. The van der Waals surface area contributed by atoms with E-state index in [2.05, 4.69) is 27.5 Å². The zero-order valence-electron chi connectivity index (χ0n) is 15.2. The maximum absolute atomic E-state index is 10.7. The number of carboxylic acid groups (broad SMARTS) is 1. The molecule has 0 aliphatic carbocycles. The van der Waals surface area contributed by atoms with Gasteiger partial charge in [0.1, 0.15) is 11.6 Å². The van der Waals surface area contributed by atoms with E-state index in [4.69, 9.17) is 22.1 Å². The van der Waals surface area contributed by atoms with Gasteiger partial charge in [0.2, 0.25) is 0 Å². The Morgan fingerprint density at radius 3 is 2.67 bits per heavy atom. The molecule has 2 aromatic rings. The minimum absolute atomic E-state index is 0.0989. The van der Waals surface area contributed by atoms with E-state index in [0.29, 0.717) is 22.7 Å². The monoisotopic (exact) mass is 406 g/mol. The van der Waals surface area contributed by atoms with Crippen LogP contribution >= 0.6 is 24.0 Å². The molecule has 0 radical (unpaired) electrons. The summed E-state index contributed by atoms with van der Waals surface area (Å²) < 4.78 is 5.63. The Labute approximate surface area is 167 Å². The lowest BCUT2D eigenvalue weighted by Crippen LogP contribution is -2.20. The van der Waals surface area contributed by atoms with E-state index in [9.17, 15) is 4.79 Å². The van der Waals surface area contributed by atoms with Crippen molar-refractivity contribution >= 4 is 46.6 Å². The minimum atomic E-state index is -0.918. The second-order valence-electron chi connectivity index (χ2n) is 5.67. The molecule has 1 aromatic carbocycles. The summed E-state index contributed by atoms with van der Waals surface area (Å²) in [7, 11) is 0. The van der Waals surface area contributed by atoms with Crippen LogP contribution in [0.25, 0.3) is 0 Å². The third-order valence-electron chi connectivity index (χ3n) is 3.28. The van der Waals surface area contributed by atoms with Crippen LogP contribution in [0.15, 0.2) is 35.5 Å². The molecule has 2 rings (SSSR count). The molecule has 0 unspecified atom stereocenters. The first-order chi connectivity index (χ1) is 13.0. The van der Waals surface area contributed by atoms with Gasteiger partial charge in [0.05, 0.1) is 12.4 Å². The first-order valence-electron chi connectivity index (χ1n) is 8.47. The summed E-state index contributed by atoms with van der Waals surface area (Å²) >= 11 is 6.37. The second kappa shape index (κ2) is 10.7. The second-order valence-corrected chi connectivity index (χ2v) is 7.02. The van der Waals surface area contributed by atoms with Crippen LogP contribution in [0.2, 0.25) is 0 Å². The zero-order chi connectivity index (χ0) is 19.6. The van der Waals surface area contributed by atoms with Crippen LogP contribution < -0.4 is 15.4 Å². The van der Waals surface area contributed by atoms with Crippen LogP contribution in [-0.4, -0.2) is 38.5 Å². The fourth-order valence-electron chi connectivity index (χ4n) is 2.04. The van der Waals surface area contributed by atoms with Gasteiger partial charge in [-0.05, 0) is 49.8 Å². The van der Waals surface area contributed by atoms with Crippen molar-refractivity contribution in [1.82, 2.24) is 9.97 Å². The number of hydrogen-bond donors (Lipinski definition) is 3. The first kappa shape index (κ1) is 20.9. The molecule has 0 spiro atoms. The van der Waals surface area contributed by atoms with Crippen molar-refractivity contribution in [2.45, 2.75) is 31.8 Å². The summed E-state index contributed by atoms with van der Waals surface area (Å²) in [5.41, 5.74) is 1.54. The number of benzene rings is 1. The molecular weight excluding hydrogens is 384 g/mol. The van der Waals surface area contributed by atoms with E-state index < -0.39 is 5.97 Å². The van der Waals surface area contributed by atoms with Crippen LogP contribution in [0.3, 0.4) is 0 Å². The van der Waals surface area contributed by atoms with Gasteiger partial charge < -0.3 is 20.5 Å². The maximum Gasteiger partial charge on any atom is 0.313 e. The molecule has 0 fully saturated rings. The summed E-state index contributed by atoms with van der Waals surface area (Å²) in [4.78, 5) is 19.2. The highest BCUT2D eigenvalue weighted by Crippen LogP contribution is 2.18. The van der Waals surface area contributed by atoms with E-state index in [1.54, 1.807) is 6.07 Å². The van der Waals surface area contributed by atoms with Gasteiger partial charge in [-0.3, -0.25) is 4.79 Å². The van der Waals surface area contributed by atoms with Gasteiger partial charge in [0, 0.05) is 17.4 Å². The predicted octanol–water partition coefficient (Wildman–Crippen LogP) is 3.95. The van der Waals surface area contributed by atoms with Gasteiger partial charge in [-0.15, -0.1) is 0 Å². The number of nitrogens with zero attached hydrogens (tertiary/aromatic N) is 2. The van der Waals surface area contributed by atoms with Crippen molar-refractivity contribution in [3.8, 4) is 5.75 Å². The SMILES string of the molecule is CCCCOc1ccc(NC(=S)Nc2cc(C)nc(SCC(=O)O)n2)cc1. The van der Waals surface area contributed by atoms with Crippen molar-refractivity contribution in [2.24, 2.45) is 0 Å². The molecule has 3 N–H and O–H groups in total. The third-order valence-corrected chi connectivity index (χ3v) is 4.32. The van der Waals surface area contributed by atoms with Crippen molar-refractivity contribution in [1.29, 1.82) is 0 Å². The fourth-order valence-corrected chi connectivity index (χ4v) is 2.89. The zero-order valence-corrected chi connectivity index (χ0v) is 16.8. The molecule has 9 heteroatoms. The summed E-state index contributed by atoms with van der Waals surface area (Å²) in [6, 6.07) is 9.28. The van der Waals surface area contributed by atoms with E-state index in [1.165, 1.54) is 0 Å². The van der Waals surface area contributed by atoms with Crippen molar-refractivity contribution in [3.05, 3.63) is 36.0 Å². The van der Waals surface area contributed by atoms with Crippen LogP contribution in [0.5, 0.6) is 5.75 Å². The van der Waals surface area contributed by atoms with Gasteiger partial charge in [-0.2, -0.15) is 0 Å². The first-order valence-corrected chi connectivity index (χ1v) is 9.87. The fraction of sp³-hybridized carbons (Fsp3) is 0.333. The van der Waals surface area contributed by atoms with Gasteiger partial charge in [-0.1, -0.05) is 25.1 Å². The Morgan fingerprint density at radius 2 is 2.00 bits per heavy atom. The molecule has 0 amide bonds. The Bertz CT molecular complexity index is 785. The lowest BCUT2D eigenvalue weighted by atomic mass is 10.3. The molecule has 0 saturated carbocycles. The summed E-state index contributed by atoms with van der Waals surface area (Å²) in [6.45, 7) is 4.64. The number of carboxylic acids is 1. The van der Waals surface area contributed by atoms with Crippen molar-refractivity contribution < 1.29 is 14.6 Å². The van der Waals surface area contributed by atoms with Crippen LogP contribution in [0, 0.1) is 6.92 Å². The number of nitrogens with one attached hydrogen (secondary N) is 2. The van der Waals surface area contributed by atoms with E-state index in [-0.39, 0.29) is 5.75 Å². The molecule has 1 aromatic heterocycles. The number of ether oxygens (including phenoxy) is 1. The van der Waals surface area contributed by atoms with Crippen LogP contribution in [-0.2, 0) is 4.79 Å². The van der Waals surface area contributed by atoms with Gasteiger partial charge in [0.15, 0.2) is 10.3 Å². The summed E-state index contributed by atoms with van der Waals surface area (Å²) in [5, 5.41) is 15.6. The van der Waals surface area contributed by atoms with Crippen molar-refractivity contribution in [3.63, 3.8) is 0 Å². The highest BCUT2D eigenvalue weighted by molar-refractivity contribution is 7.99. The van der Waals surface area contributed by atoms with Gasteiger partial charge in [-0.25, -0.2) is 9.97 Å². The molecular formula is C18H22N4O3S2. The molecule has 0 aliphatic heterocycles. The Morgan fingerprint density at radius 1 is 1.26 bits per heavy atom. The van der Waals surface area contributed by atoms with Gasteiger partial charge in [0.25, 0.3) is 0 Å². The number of aliphatic carboxylic acids is 1. The summed E-state index contributed by atoms with van der Waals surface area (Å²) in [6.07, 6.45) is 2.12. The lowest BCUT2D eigenvalue weighted by Gasteiger charge is -2.12.